The predicted octanol–water partition coefficient (Wildman–Crippen LogP) is 23.4. The quantitative estimate of drug-likeness (QED) is 0.0484. The Labute approximate surface area is 676 Å². The largest absolute Gasteiger partial charge is 0.454 e. The Bertz CT molecular complexity index is 6590. The van der Waals surface area contributed by atoms with Crippen molar-refractivity contribution in [1.82, 2.24) is 0 Å². The molecule has 18 aromatic carbocycles. The molecule has 0 bridgehead atoms. The van der Waals surface area contributed by atoms with Gasteiger partial charge in [-0.2, -0.15) is 10.5 Å². The number of hydrogen-bond donors (Lipinski definition) is 0. The number of fused-ring (bicyclic) bond motifs is 6. The van der Waals surface area contributed by atoms with Gasteiger partial charge in [0.05, 0.1) is 57.4 Å². The van der Waals surface area contributed by atoms with Crippen LogP contribution in [-0.4, -0.2) is 16.1 Å². The van der Waals surface area contributed by atoms with Gasteiger partial charge in [-0.05, 0) is 170 Å². The number of anilines is 6. The Morgan fingerprint density at radius 2 is 0.552 bits per heavy atom. The lowest BCUT2D eigenvalue weighted by Gasteiger charge is -2.35. The number of rotatable bonds is 18. The van der Waals surface area contributed by atoms with Crippen molar-refractivity contribution in [1.29, 1.82) is 10.5 Å². The van der Waals surface area contributed by atoms with Crippen LogP contribution in [0.5, 0.6) is 0 Å². The molecule has 0 radical (unpaired) electrons. The molecule has 0 aliphatic carbocycles. The maximum Gasteiger partial charge on any atom is 0.179 e. The van der Waals surface area contributed by atoms with Gasteiger partial charge < -0.3 is 18.6 Å². The smallest absolute Gasteiger partial charge is 0.179 e. The molecule has 2 heterocycles. The van der Waals surface area contributed by atoms with Crippen molar-refractivity contribution in [3.05, 3.63) is 411 Å². The second-order valence-corrected chi connectivity index (χ2v) is 38.7. The summed E-state index contributed by atoms with van der Waals surface area (Å²) < 4.78 is 14.4. The van der Waals surface area contributed by atoms with E-state index in [-0.39, 0.29) is 11.8 Å². The van der Waals surface area contributed by atoms with Crippen molar-refractivity contribution in [3.63, 3.8) is 0 Å². The minimum Gasteiger partial charge on any atom is -0.454 e. The third-order valence-corrected chi connectivity index (χ3v) is 33.7. The van der Waals surface area contributed by atoms with Gasteiger partial charge in [-0.25, -0.2) is 0 Å². The standard InChI is InChI=1S/C108H78N4O2Si2/c1-71(2)85-59-61-91-102(112(100-46-28-44-90-88-42-24-26-48-104(88)114-108(90)100)98-64-50-74(70-110)66-94(98)76-53-57-84(58-54-76)116(80-35-17-8-18-36-80,81-37-19-9-20-38-81)82-39-21-10-22-40-82)68-96-86(72(3)4)60-62-92-101(67-95(85)105(91)106(92)96)111(99-45-27-43-89-87-41-23-25-47-103(87)113-107(89)99)97-63-49-73(69-109)65-93(97)75-51-55-83(56-52-75)115(77-29-11-5-12-30-77,78-31-13-6-14-32-78)79-33-15-7-16-34-79/h5-68,71-72H,1-4H3. The highest BCUT2D eigenvalue weighted by Gasteiger charge is 2.43. The van der Waals surface area contributed by atoms with Crippen molar-refractivity contribution >= 4 is 168 Å². The molecule has 0 saturated heterocycles. The highest BCUT2D eigenvalue weighted by Crippen LogP contribution is 2.56. The topological polar surface area (TPSA) is 80.3 Å². The van der Waals surface area contributed by atoms with E-state index < -0.39 is 16.1 Å². The molecule has 0 fully saturated rings. The zero-order valence-corrected chi connectivity index (χ0v) is 66.7. The summed E-state index contributed by atoms with van der Waals surface area (Å²) in [6, 6.07) is 146. The van der Waals surface area contributed by atoms with E-state index in [9.17, 15) is 10.5 Å². The van der Waals surface area contributed by atoms with E-state index in [0.717, 1.165) is 133 Å². The van der Waals surface area contributed by atoms with Gasteiger partial charge in [0, 0.05) is 43.4 Å². The van der Waals surface area contributed by atoms with E-state index in [2.05, 4.69) is 414 Å². The first-order chi connectivity index (χ1) is 57.1. The highest BCUT2D eigenvalue weighted by atomic mass is 28.3. The normalized spacial score (nSPS) is 11.9. The number of hydrogen-bond acceptors (Lipinski definition) is 6. The molecule has 0 unspecified atom stereocenters. The van der Waals surface area contributed by atoms with Crippen LogP contribution in [0, 0.1) is 22.7 Å². The molecular weight excluding hydrogens is 1440 g/mol. The van der Waals surface area contributed by atoms with E-state index in [4.69, 9.17) is 8.83 Å². The molecule has 20 rings (SSSR count). The SMILES string of the molecule is CC(C)c1ccc2c(N(c3ccc(C#N)cc3-c3ccc([Si](c4ccccc4)(c4ccccc4)c4ccccc4)cc3)c3cccc4c3oc3ccccc34)cc3c(C(C)C)ccc4c(N(c5ccc(C#N)cc5-c5ccc([Si](c6ccccc6)(c6ccccc6)c6ccccc6)cc5)c5cccc6c5oc5ccccc56)cc1c2c34. The summed E-state index contributed by atoms with van der Waals surface area (Å²) in [5, 5.41) is 43.1. The van der Waals surface area contributed by atoms with Gasteiger partial charge in [-0.1, -0.05) is 343 Å². The van der Waals surface area contributed by atoms with Gasteiger partial charge in [-0.15, -0.1) is 0 Å². The van der Waals surface area contributed by atoms with Gasteiger partial charge in [-0.3, -0.25) is 0 Å². The second kappa shape index (κ2) is 29.0. The number of nitrogens with zero attached hydrogens (tertiary/aromatic N) is 4. The first-order valence-corrected chi connectivity index (χ1v) is 43.9. The van der Waals surface area contributed by atoms with Crippen molar-refractivity contribution < 1.29 is 8.83 Å². The third kappa shape index (κ3) is 11.4. The number of nitriles is 2. The van der Waals surface area contributed by atoms with Crippen molar-refractivity contribution in [2.24, 2.45) is 0 Å². The molecule has 550 valence electrons. The first-order valence-electron chi connectivity index (χ1n) is 39.9. The lowest BCUT2D eigenvalue weighted by molar-refractivity contribution is 0.669. The van der Waals surface area contributed by atoms with Gasteiger partial charge in [0.1, 0.15) is 11.2 Å². The highest BCUT2D eigenvalue weighted by molar-refractivity contribution is 7.20. The molecule has 0 aliphatic rings. The van der Waals surface area contributed by atoms with Crippen molar-refractivity contribution in [2.75, 3.05) is 9.80 Å². The fraction of sp³-hybridized carbons (Fsp3) is 0.0556. The lowest BCUT2D eigenvalue weighted by atomic mass is 9.83. The summed E-state index contributed by atoms with van der Waals surface area (Å²) in [5.41, 5.74) is 15.7. The molecule has 6 nitrogen and oxygen atoms in total. The summed E-state index contributed by atoms with van der Waals surface area (Å²) in [6.07, 6.45) is 0. The average Bonchev–Trinajstić information content (AvgIpc) is 0.916. The van der Waals surface area contributed by atoms with Crippen LogP contribution in [0.15, 0.2) is 397 Å². The van der Waals surface area contributed by atoms with E-state index >= 15 is 0 Å². The molecule has 0 N–H and O–H groups in total. The molecule has 0 amide bonds. The Morgan fingerprint density at radius 1 is 0.250 bits per heavy atom. The van der Waals surface area contributed by atoms with Crippen LogP contribution in [0.1, 0.15) is 61.8 Å². The minimum absolute atomic E-state index is 0.0796. The van der Waals surface area contributed by atoms with Gasteiger partial charge in [0.15, 0.2) is 27.3 Å². The van der Waals surface area contributed by atoms with E-state index in [1.54, 1.807) is 0 Å². The Kier molecular flexibility index (Phi) is 17.7. The van der Waals surface area contributed by atoms with Gasteiger partial charge >= 0.3 is 0 Å². The number of para-hydroxylation sites is 4. The molecule has 2 aromatic heterocycles. The average molecular weight is 1520 g/mol. The van der Waals surface area contributed by atoms with Gasteiger partial charge in [0.25, 0.3) is 0 Å². The minimum atomic E-state index is -2.95. The van der Waals surface area contributed by atoms with Crippen molar-refractivity contribution in [2.45, 2.75) is 39.5 Å². The third-order valence-electron chi connectivity index (χ3n) is 24.1. The molecule has 0 saturated carbocycles. The fourth-order valence-electron chi connectivity index (χ4n) is 18.9. The molecule has 0 aliphatic heterocycles. The number of furan rings is 2. The van der Waals surface area contributed by atoms with Crippen LogP contribution in [0.3, 0.4) is 0 Å². The monoisotopic (exact) mass is 1520 g/mol. The molecule has 116 heavy (non-hydrogen) atoms. The Balaban J connectivity index is 0.851. The van der Waals surface area contributed by atoms with Crippen LogP contribution in [0.2, 0.25) is 0 Å². The molecule has 20 aromatic rings. The van der Waals surface area contributed by atoms with Crippen LogP contribution >= 0.6 is 0 Å². The molecule has 0 spiro atoms. The first kappa shape index (κ1) is 70.7. The van der Waals surface area contributed by atoms with Crippen molar-refractivity contribution in [3.8, 4) is 34.4 Å². The maximum absolute atomic E-state index is 11.1. The van der Waals surface area contributed by atoms with Crippen LogP contribution in [0.4, 0.5) is 34.1 Å². The summed E-state index contributed by atoms with van der Waals surface area (Å²) in [5.74, 6) is 0.159. The van der Waals surface area contributed by atoms with E-state index in [0.29, 0.717) is 11.1 Å². The molecular formula is C108H78N4O2Si2. The maximum atomic E-state index is 11.1. The Hall–Kier alpha value is -14.4. The van der Waals surface area contributed by atoms with E-state index in [1.165, 1.54) is 52.6 Å². The van der Waals surface area contributed by atoms with Crippen LogP contribution < -0.4 is 51.3 Å². The lowest BCUT2D eigenvalue weighted by Crippen LogP contribution is -2.74. The van der Waals surface area contributed by atoms with Crippen LogP contribution in [0.25, 0.3) is 98.4 Å². The summed E-state index contributed by atoms with van der Waals surface area (Å²) in [7, 11) is -5.89. The van der Waals surface area contributed by atoms with E-state index in [1.807, 2.05) is 24.3 Å². The molecule has 8 heteroatoms. The predicted molar refractivity (Wildman–Crippen MR) is 490 cm³/mol. The summed E-state index contributed by atoms with van der Waals surface area (Å²) >= 11 is 0. The summed E-state index contributed by atoms with van der Waals surface area (Å²) in [6.45, 7) is 9.23. The fourth-order valence-corrected chi connectivity index (χ4v) is 28.4. The summed E-state index contributed by atoms with van der Waals surface area (Å²) in [4.78, 5) is 4.87. The zero-order valence-electron chi connectivity index (χ0n) is 64.7. The van der Waals surface area contributed by atoms with Crippen LogP contribution in [-0.2, 0) is 0 Å². The Morgan fingerprint density at radius 3 is 0.871 bits per heavy atom. The number of benzene rings is 18. The second-order valence-electron chi connectivity index (χ2n) is 31.1. The van der Waals surface area contributed by atoms with Gasteiger partial charge in [0.2, 0.25) is 0 Å². The molecule has 0 atom stereocenters. The zero-order chi connectivity index (χ0) is 78.2.